The van der Waals surface area contributed by atoms with Crippen LogP contribution in [0.15, 0.2) is 22.7 Å². The topological polar surface area (TPSA) is 93.0 Å². The van der Waals surface area contributed by atoms with Crippen LogP contribution < -0.4 is 0 Å². The molecule has 0 aliphatic carbocycles. The van der Waals surface area contributed by atoms with Crippen molar-refractivity contribution < 1.29 is 23.6 Å². The number of ether oxygens (including phenoxy) is 1. The van der Waals surface area contributed by atoms with Gasteiger partial charge in [-0.25, -0.2) is 0 Å². The first kappa shape index (κ1) is 19.3. The largest absolute Gasteiger partial charge is 0.376 e. The minimum absolute atomic E-state index is 0.112. The second-order valence-corrected chi connectivity index (χ2v) is 7.58. The van der Waals surface area contributed by atoms with Gasteiger partial charge in [0, 0.05) is 24.8 Å². The van der Waals surface area contributed by atoms with Crippen molar-refractivity contribution in [3.63, 3.8) is 0 Å². The molecule has 2 aromatic rings. The van der Waals surface area contributed by atoms with Gasteiger partial charge < -0.3 is 14.2 Å². The lowest BCUT2D eigenvalue weighted by Gasteiger charge is -2.18. The van der Waals surface area contributed by atoms with Crippen molar-refractivity contribution in [2.45, 2.75) is 39.3 Å². The van der Waals surface area contributed by atoms with Crippen LogP contribution >= 0.6 is 0 Å². The van der Waals surface area contributed by atoms with E-state index in [0.717, 1.165) is 24.1 Å². The SMILES string of the molecule is Cc1noc(C)c1CN(C)C(=O)c1ccc2c(c1)C(=O)N(CC1CCCO1)C2=O. The summed E-state index contributed by atoms with van der Waals surface area (Å²) in [6.07, 6.45) is 1.66. The number of imide groups is 1. The van der Waals surface area contributed by atoms with Gasteiger partial charge in [-0.05, 0) is 44.9 Å². The summed E-state index contributed by atoms with van der Waals surface area (Å²) >= 11 is 0. The lowest BCUT2D eigenvalue weighted by atomic mass is 10.0. The zero-order chi connectivity index (χ0) is 20.7. The van der Waals surface area contributed by atoms with E-state index in [0.29, 0.717) is 30.0 Å². The van der Waals surface area contributed by atoms with Crippen LogP contribution in [0, 0.1) is 13.8 Å². The Morgan fingerprint density at radius 1 is 1.24 bits per heavy atom. The zero-order valence-corrected chi connectivity index (χ0v) is 16.7. The number of carbonyl (C=O) groups excluding carboxylic acids is 3. The van der Waals surface area contributed by atoms with Crippen molar-refractivity contribution in [2.75, 3.05) is 20.2 Å². The van der Waals surface area contributed by atoms with E-state index in [4.69, 9.17) is 9.26 Å². The van der Waals surface area contributed by atoms with Gasteiger partial charge in [0.25, 0.3) is 17.7 Å². The Kier molecular flexibility index (Phi) is 4.96. The number of aromatic nitrogens is 1. The summed E-state index contributed by atoms with van der Waals surface area (Å²) in [5.74, 6) is -0.278. The first-order valence-electron chi connectivity index (χ1n) is 9.66. The normalized spacial score (nSPS) is 18.4. The van der Waals surface area contributed by atoms with Crippen molar-refractivity contribution in [2.24, 2.45) is 0 Å². The van der Waals surface area contributed by atoms with Crippen molar-refractivity contribution in [1.82, 2.24) is 15.0 Å². The molecule has 29 heavy (non-hydrogen) atoms. The minimum Gasteiger partial charge on any atom is -0.376 e. The molecule has 1 unspecified atom stereocenters. The fourth-order valence-electron chi connectivity index (χ4n) is 3.84. The third kappa shape index (κ3) is 3.44. The molecule has 1 aromatic heterocycles. The highest BCUT2D eigenvalue weighted by molar-refractivity contribution is 6.22. The highest BCUT2D eigenvalue weighted by Crippen LogP contribution is 2.27. The minimum atomic E-state index is -0.372. The van der Waals surface area contributed by atoms with E-state index in [1.165, 1.54) is 11.0 Å². The molecule has 2 aliphatic heterocycles. The first-order chi connectivity index (χ1) is 13.9. The Bertz CT molecular complexity index is 971. The predicted octanol–water partition coefficient (Wildman–Crippen LogP) is 2.34. The Hall–Kier alpha value is -3.00. The smallest absolute Gasteiger partial charge is 0.261 e. The van der Waals surface area contributed by atoms with Gasteiger partial charge in [0.1, 0.15) is 5.76 Å². The summed E-state index contributed by atoms with van der Waals surface area (Å²) in [6, 6.07) is 4.66. The van der Waals surface area contributed by atoms with Crippen LogP contribution in [0.5, 0.6) is 0 Å². The second-order valence-electron chi connectivity index (χ2n) is 7.58. The number of carbonyl (C=O) groups is 3. The first-order valence-corrected chi connectivity index (χ1v) is 9.66. The van der Waals surface area contributed by atoms with Crippen molar-refractivity contribution in [3.8, 4) is 0 Å². The van der Waals surface area contributed by atoms with Gasteiger partial charge in [0.05, 0.1) is 36.0 Å². The monoisotopic (exact) mass is 397 g/mol. The fourth-order valence-corrected chi connectivity index (χ4v) is 3.84. The molecular weight excluding hydrogens is 374 g/mol. The Labute approximate surface area is 168 Å². The van der Waals surface area contributed by atoms with Crippen molar-refractivity contribution >= 4 is 17.7 Å². The third-order valence-corrected chi connectivity index (χ3v) is 5.55. The summed E-state index contributed by atoms with van der Waals surface area (Å²) in [6.45, 7) is 4.88. The number of hydrogen-bond donors (Lipinski definition) is 0. The molecule has 1 aromatic carbocycles. The maximum Gasteiger partial charge on any atom is 0.261 e. The van der Waals surface area contributed by atoms with Gasteiger partial charge >= 0.3 is 0 Å². The van der Waals surface area contributed by atoms with Crippen LogP contribution in [-0.2, 0) is 11.3 Å². The van der Waals surface area contributed by atoms with E-state index in [1.54, 1.807) is 31.0 Å². The van der Waals surface area contributed by atoms with Crippen molar-refractivity contribution in [3.05, 3.63) is 51.9 Å². The number of hydrogen-bond acceptors (Lipinski definition) is 6. The van der Waals surface area contributed by atoms with Crippen LogP contribution in [0.2, 0.25) is 0 Å². The van der Waals surface area contributed by atoms with Crippen LogP contribution in [0.25, 0.3) is 0 Å². The lowest BCUT2D eigenvalue weighted by molar-refractivity contribution is 0.0475. The quantitative estimate of drug-likeness (QED) is 0.719. The molecule has 8 nitrogen and oxygen atoms in total. The molecule has 3 heterocycles. The highest BCUT2D eigenvalue weighted by atomic mass is 16.5. The van der Waals surface area contributed by atoms with E-state index < -0.39 is 0 Å². The van der Waals surface area contributed by atoms with Gasteiger partial charge in [-0.3, -0.25) is 19.3 Å². The lowest BCUT2D eigenvalue weighted by Crippen LogP contribution is -2.36. The molecule has 3 amide bonds. The fraction of sp³-hybridized carbons (Fsp3) is 0.429. The third-order valence-electron chi connectivity index (χ3n) is 5.55. The number of benzene rings is 1. The number of aryl methyl sites for hydroxylation is 2. The van der Waals surface area contributed by atoms with E-state index in [9.17, 15) is 14.4 Å². The number of rotatable bonds is 5. The van der Waals surface area contributed by atoms with Crippen LogP contribution in [0.3, 0.4) is 0 Å². The van der Waals surface area contributed by atoms with Crippen LogP contribution in [-0.4, -0.2) is 59.0 Å². The van der Waals surface area contributed by atoms with Crippen molar-refractivity contribution in [1.29, 1.82) is 0 Å². The molecule has 0 bridgehead atoms. The molecule has 152 valence electrons. The van der Waals surface area contributed by atoms with Crippen LogP contribution in [0.4, 0.5) is 0 Å². The summed E-state index contributed by atoms with van der Waals surface area (Å²) in [5.41, 5.74) is 2.55. The number of amides is 3. The maximum absolute atomic E-state index is 12.9. The molecular formula is C21H23N3O5. The standard InChI is InChI=1S/C21H23N3O5/c1-12-18(13(2)29-22-12)11-23(3)19(25)14-6-7-16-17(9-14)21(27)24(20(16)26)10-15-5-4-8-28-15/h6-7,9,15H,4-5,8,10-11H2,1-3H3. The van der Waals surface area contributed by atoms with Gasteiger partial charge in [-0.1, -0.05) is 5.16 Å². The summed E-state index contributed by atoms with van der Waals surface area (Å²) in [7, 11) is 1.68. The zero-order valence-electron chi connectivity index (χ0n) is 16.7. The van der Waals surface area contributed by atoms with Gasteiger partial charge in [0.15, 0.2) is 0 Å². The summed E-state index contributed by atoms with van der Waals surface area (Å²) < 4.78 is 10.7. The molecule has 0 N–H and O–H groups in total. The second kappa shape index (κ2) is 7.44. The molecule has 1 fully saturated rings. The van der Waals surface area contributed by atoms with Gasteiger partial charge in [-0.2, -0.15) is 0 Å². The summed E-state index contributed by atoms with van der Waals surface area (Å²) in [4.78, 5) is 41.1. The molecule has 0 saturated carbocycles. The van der Waals surface area contributed by atoms with Gasteiger partial charge in [0.2, 0.25) is 0 Å². The molecule has 2 aliphatic rings. The Morgan fingerprint density at radius 3 is 2.66 bits per heavy atom. The van der Waals surface area contributed by atoms with E-state index in [2.05, 4.69) is 5.16 Å². The van der Waals surface area contributed by atoms with E-state index in [1.807, 2.05) is 6.92 Å². The molecule has 0 spiro atoms. The Morgan fingerprint density at radius 2 is 2.00 bits per heavy atom. The maximum atomic E-state index is 12.9. The Balaban J connectivity index is 1.53. The number of fused-ring (bicyclic) bond motifs is 1. The van der Waals surface area contributed by atoms with Gasteiger partial charge in [-0.15, -0.1) is 0 Å². The molecule has 1 saturated heterocycles. The van der Waals surface area contributed by atoms with Crippen LogP contribution in [0.1, 0.15) is 60.9 Å². The average molecular weight is 397 g/mol. The molecule has 0 radical (unpaired) electrons. The molecule has 1 atom stereocenters. The highest BCUT2D eigenvalue weighted by Gasteiger charge is 2.38. The molecule has 8 heteroatoms. The average Bonchev–Trinajstić information content (AvgIpc) is 3.40. The molecule has 4 rings (SSSR count). The summed E-state index contributed by atoms with van der Waals surface area (Å²) in [5, 5.41) is 3.91. The van der Waals surface area contributed by atoms with E-state index >= 15 is 0 Å². The van der Waals surface area contributed by atoms with E-state index in [-0.39, 0.29) is 35.9 Å². The predicted molar refractivity (Wildman–Crippen MR) is 103 cm³/mol. The number of nitrogens with zero attached hydrogens (tertiary/aromatic N) is 3.